The first-order valence-corrected chi connectivity index (χ1v) is 8.45. The van der Waals surface area contributed by atoms with Crippen LogP contribution in [0.1, 0.15) is 39.3 Å². The number of anilines is 1. The van der Waals surface area contributed by atoms with Gasteiger partial charge in [0.05, 0.1) is 12.2 Å². The Morgan fingerprint density at radius 3 is 2.96 bits per heavy atom. The highest BCUT2D eigenvalue weighted by molar-refractivity contribution is 5.75. The molecule has 0 spiro atoms. The fourth-order valence-corrected chi connectivity index (χ4v) is 2.97. The number of nitrogens with zero attached hydrogens (tertiary/aromatic N) is 5. The number of rotatable bonds is 3. The van der Waals surface area contributed by atoms with Crippen LogP contribution in [0.4, 0.5) is 10.6 Å². The van der Waals surface area contributed by atoms with Gasteiger partial charge in [-0.15, -0.1) is 5.10 Å². The van der Waals surface area contributed by atoms with Gasteiger partial charge in [0.15, 0.2) is 11.3 Å². The Morgan fingerprint density at radius 1 is 1.44 bits per heavy atom. The highest BCUT2D eigenvalue weighted by Crippen LogP contribution is 2.19. The van der Waals surface area contributed by atoms with Gasteiger partial charge in [-0.25, -0.2) is 14.3 Å². The van der Waals surface area contributed by atoms with Gasteiger partial charge in [0.2, 0.25) is 0 Å². The van der Waals surface area contributed by atoms with Crippen molar-refractivity contribution in [3.05, 3.63) is 24.0 Å². The molecule has 0 radical (unpaired) electrons. The van der Waals surface area contributed by atoms with Crippen molar-refractivity contribution in [1.29, 1.82) is 5.26 Å². The van der Waals surface area contributed by atoms with E-state index in [9.17, 15) is 4.79 Å². The van der Waals surface area contributed by atoms with Crippen molar-refractivity contribution in [2.24, 2.45) is 0 Å². The first-order valence-electron chi connectivity index (χ1n) is 8.45. The Kier molecular flexibility index (Phi) is 4.49. The molecule has 8 heteroatoms. The van der Waals surface area contributed by atoms with Crippen LogP contribution >= 0.6 is 0 Å². The molecule has 2 N–H and O–H groups in total. The van der Waals surface area contributed by atoms with Gasteiger partial charge in [-0.2, -0.15) is 5.26 Å². The summed E-state index contributed by atoms with van der Waals surface area (Å²) in [6.07, 6.45) is 3.46. The van der Waals surface area contributed by atoms with E-state index in [1.807, 2.05) is 37.8 Å². The first kappa shape index (κ1) is 17.0. The zero-order valence-electron chi connectivity index (χ0n) is 14.8. The van der Waals surface area contributed by atoms with Gasteiger partial charge in [-0.3, -0.25) is 0 Å². The van der Waals surface area contributed by atoms with Crippen molar-refractivity contribution in [3.8, 4) is 6.07 Å². The Balaban J connectivity index is 1.66. The molecule has 0 saturated carbocycles. The van der Waals surface area contributed by atoms with Gasteiger partial charge >= 0.3 is 6.03 Å². The van der Waals surface area contributed by atoms with E-state index in [2.05, 4.69) is 26.8 Å². The molecule has 1 aliphatic heterocycles. The van der Waals surface area contributed by atoms with Crippen LogP contribution < -0.4 is 10.6 Å². The van der Waals surface area contributed by atoms with Gasteiger partial charge in [-0.05, 0) is 45.7 Å². The summed E-state index contributed by atoms with van der Waals surface area (Å²) in [5.74, 6) is 0.657. The van der Waals surface area contributed by atoms with Gasteiger partial charge in [0.1, 0.15) is 11.9 Å². The SMILES string of the molecule is CC(C)(C)NC(=O)N1CCC[C@H]1CNc1ccc2ncc(C#N)n2n1. The summed E-state index contributed by atoms with van der Waals surface area (Å²) in [6, 6.07) is 5.81. The quantitative estimate of drug-likeness (QED) is 0.889. The Bertz CT molecular complexity index is 814. The van der Waals surface area contributed by atoms with Crippen molar-refractivity contribution in [1.82, 2.24) is 24.8 Å². The second-order valence-corrected chi connectivity index (χ2v) is 7.29. The molecule has 8 nitrogen and oxygen atoms in total. The highest BCUT2D eigenvalue weighted by Gasteiger charge is 2.30. The molecule has 0 bridgehead atoms. The zero-order valence-corrected chi connectivity index (χ0v) is 14.8. The second kappa shape index (κ2) is 6.59. The van der Waals surface area contributed by atoms with Crippen LogP contribution in [0.2, 0.25) is 0 Å². The van der Waals surface area contributed by atoms with Crippen LogP contribution in [-0.4, -0.2) is 50.2 Å². The number of urea groups is 1. The molecule has 2 aromatic rings. The number of fused-ring (bicyclic) bond motifs is 1. The molecule has 1 fully saturated rings. The number of likely N-dealkylation sites (tertiary alicyclic amines) is 1. The molecule has 1 atom stereocenters. The normalized spacial score (nSPS) is 17.5. The molecule has 132 valence electrons. The molecule has 3 rings (SSSR count). The molecule has 1 saturated heterocycles. The smallest absolute Gasteiger partial charge is 0.318 e. The minimum Gasteiger partial charge on any atom is -0.367 e. The van der Waals surface area contributed by atoms with Crippen LogP contribution in [0.15, 0.2) is 18.3 Å². The maximum atomic E-state index is 12.4. The van der Waals surface area contributed by atoms with E-state index in [1.54, 1.807) is 0 Å². The Hall–Kier alpha value is -2.82. The molecule has 2 amide bonds. The van der Waals surface area contributed by atoms with Gasteiger partial charge in [-0.1, -0.05) is 0 Å². The summed E-state index contributed by atoms with van der Waals surface area (Å²) in [6.45, 7) is 7.31. The average Bonchev–Trinajstić information content (AvgIpc) is 3.17. The van der Waals surface area contributed by atoms with Crippen LogP contribution in [0.3, 0.4) is 0 Å². The van der Waals surface area contributed by atoms with Crippen LogP contribution in [0, 0.1) is 11.3 Å². The number of carbonyl (C=O) groups is 1. The van der Waals surface area contributed by atoms with Gasteiger partial charge in [0, 0.05) is 18.6 Å². The van der Waals surface area contributed by atoms with Gasteiger partial charge in [0.25, 0.3) is 0 Å². The number of hydrogen-bond acceptors (Lipinski definition) is 5. The maximum absolute atomic E-state index is 12.4. The lowest BCUT2D eigenvalue weighted by atomic mass is 10.1. The Labute approximate surface area is 146 Å². The van der Waals surface area contributed by atoms with Gasteiger partial charge < -0.3 is 15.5 Å². The van der Waals surface area contributed by atoms with E-state index in [0.29, 0.717) is 23.7 Å². The molecule has 0 aromatic carbocycles. The first-order chi connectivity index (χ1) is 11.9. The molecular formula is C17H23N7O. The van der Waals surface area contributed by atoms with E-state index in [0.717, 1.165) is 19.4 Å². The molecular weight excluding hydrogens is 318 g/mol. The lowest BCUT2D eigenvalue weighted by molar-refractivity contribution is 0.185. The largest absolute Gasteiger partial charge is 0.367 e. The minimum atomic E-state index is -0.251. The summed E-state index contributed by atoms with van der Waals surface area (Å²) in [5.41, 5.74) is 0.777. The number of amides is 2. The third kappa shape index (κ3) is 3.82. The summed E-state index contributed by atoms with van der Waals surface area (Å²) in [7, 11) is 0. The molecule has 2 aromatic heterocycles. The minimum absolute atomic E-state index is 0.0263. The highest BCUT2D eigenvalue weighted by atomic mass is 16.2. The fourth-order valence-electron chi connectivity index (χ4n) is 2.97. The maximum Gasteiger partial charge on any atom is 0.318 e. The van der Waals surface area contributed by atoms with E-state index < -0.39 is 0 Å². The van der Waals surface area contributed by atoms with Crippen molar-refractivity contribution >= 4 is 17.5 Å². The number of nitriles is 1. The lowest BCUT2D eigenvalue weighted by Crippen LogP contribution is -2.51. The van der Waals surface area contributed by atoms with Crippen LogP contribution in [0.25, 0.3) is 5.65 Å². The Morgan fingerprint density at radius 2 is 2.24 bits per heavy atom. The lowest BCUT2D eigenvalue weighted by Gasteiger charge is -2.29. The summed E-state index contributed by atoms with van der Waals surface area (Å²) in [4.78, 5) is 18.4. The van der Waals surface area contributed by atoms with E-state index in [-0.39, 0.29) is 17.6 Å². The second-order valence-electron chi connectivity index (χ2n) is 7.29. The molecule has 0 unspecified atom stereocenters. The van der Waals surface area contributed by atoms with Crippen molar-refractivity contribution in [3.63, 3.8) is 0 Å². The number of carbonyl (C=O) groups excluding carboxylic acids is 1. The molecule has 1 aliphatic rings. The molecule has 25 heavy (non-hydrogen) atoms. The number of hydrogen-bond donors (Lipinski definition) is 2. The third-order valence-corrected chi connectivity index (χ3v) is 4.12. The summed E-state index contributed by atoms with van der Waals surface area (Å²) < 4.78 is 1.51. The van der Waals surface area contributed by atoms with Crippen molar-refractivity contribution in [2.45, 2.75) is 45.2 Å². The predicted molar refractivity (Wildman–Crippen MR) is 94.2 cm³/mol. The summed E-state index contributed by atoms with van der Waals surface area (Å²) >= 11 is 0. The average molecular weight is 341 g/mol. The third-order valence-electron chi connectivity index (χ3n) is 4.12. The van der Waals surface area contributed by atoms with Crippen LogP contribution in [-0.2, 0) is 0 Å². The molecule has 3 heterocycles. The fraction of sp³-hybridized carbons (Fsp3) is 0.529. The predicted octanol–water partition coefficient (Wildman–Crippen LogP) is 1.99. The number of nitrogens with one attached hydrogen (secondary N) is 2. The standard InChI is InChI=1S/C17H23N7O/c1-17(2,3)21-16(25)23-8-4-5-12(23)10-19-14-6-7-15-20-11-13(9-18)24(15)22-14/h6-7,11-12H,4-5,8,10H2,1-3H3,(H,19,22)(H,21,25)/t12-/m0/s1. The van der Waals surface area contributed by atoms with E-state index >= 15 is 0 Å². The molecule has 0 aliphatic carbocycles. The topological polar surface area (TPSA) is 98.4 Å². The van der Waals surface area contributed by atoms with Crippen molar-refractivity contribution < 1.29 is 4.79 Å². The van der Waals surface area contributed by atoms with E-state index in [4.69, 9.17) is 5.26 Å². The van der Waals surface area contributed by atoms with Crippen molar-refractivity contribution in [2.75, 3.05) is 18.4 Å². The monoisotopic (exact) mass is 341 g/mol. The van der Waals surface area contributed by atoms with Crippen LogP contribution in [0.5, 0.6) is 0 Å². The summed E-state index contributed by atoms with van der Waals surface area (Å²) in [5, 5.41) is 19.8. The van der Waals surface area contributed by atoms with E-state index in [1.165, 1.54) is 10.7 Å². The number of aromatic nitrogens is 3. The number of imidazole rings is 1. The zero-order chi connectivity index (χ0) is 18.0.